The topological polar surface area (TPSA) is 85.4 Å². The summed E-state index contributed by atoms with van der Waals surface area (Å²) in [5.41, 5.74) is 0.392. The molecule has 0 spiro atoms. The molecular weight excluding hydrogens is 376 g/mol. The van der Waals surface area contributed by atoms with Gasteiger partial charge in [0.05, 0.1) is 18.7 Å². The minimum atomic E-state index is -0.442. The lowest BCUT2D eigenvalue weighted by atomic mass is 10.0. The second-order valence-electron chi connectivity index (χ2n) is 7.38. The second-order valence-corrected chi connectivity index (χ2v) is 7.38. The zero-order chi connectivity index (χ0) is 20.8. The van der Waals surface area contributed by atoms with Crippen LogP contribution < -0.4 is 4.74 Å². The third kappa shape index (κ3) is 4.99. The predicted molar refractivity (Wildman–Crippen MR) is 105 cm³/mol. The Morgan fingerprint density at radius 2 is 1.86 bits per heavy atom. The third-order valence-corrected chi connectivity index (χ3v) is 5.49. The molecule has 2 aliphatic heterocycles. The van der Waals surface area contributed by atoms with Gasteiger partial charge < -0.3 is 19.1 Å². The summed E-state index contributed by atoms with van der Waals surface area (Å²) in [7, 11) is 1.31. The van der Waals surface area contributed by atoms with Crippen molar-refractivity contribution < 1.29 is 28.6 Å². The minimum absolute atomic E-state index is 0.0928. The highest BCUT2D eigenvalue weighted by Crippen LogP contribution is 2.27. The Labute approximate surface area is 170 Å². The highest BCUT2D eigenvalue weighted by Gasteiger charge is 2.39. The molecular formula is C21H28N2O6. The van der Waals surface area contributed by atoms with E-state index >= 15 is 0 Å². The van der Waals surface area contributed by atoms with Crippen molar-refractivity contribution in [3.05, 3.63) is 29.8 Å². The molecule has 2 amide bonds. The summed E-state index contributed by atoms with van der Waals surface area (Å²) in [6, 6.07) is 6.46. The molecule has 0 radical (unpaired) electrons. The van der Waals surface area contributed by atoms with E-state index < -0.39 is 12.1 Å². The first kappa shape index (κ1) is 21.0. The van der Waals surface area contributed by atoms with Crippen LogP contribution in [0.15, 0.2) is 24.3 Å². The quantitative estimate of drug-likeness (QED) is 0.675. The molecule has 1 aromatic carbocycles. The normalized spacial score (nSPS) is 19.8. The first-order valence-corrected chi connectivity index (χ1v) is 10.1. The number of benzene rings is 1. The van der Waals surface area contributed by atoms with E-state index in [4.69, 9.17) is 9.47 Å². The third-order valence-electron chi connectivity index (χ3n) is 5.49. The van der Waals surface area contributed by atoms with Crippen molar-refractivity contribution >= 4 is 18.2 Å². The summed E-state index contributed by atoms with van der Waals surface area (Å²) in [4.78, 5) is 39.6. The first-order valence-electron chi connectivity index (χ1n) is 10.1. The fourth-order valence-electron chi connectivity index (χ4n) is 3.85. The summed E-state index contributed by atoms with van der Waals surface area (Å²) < 4.78 is 15.3. The van der Waals surface area contributed by atoms with Crippen LogP contribution in [0.4, 0.5) is 9.59 Å². The van der Waals surface area contributed by atoms with Crippen LogP contribution in [0, 0.1) is 0 Å². The van der Waals surface area contributed by atoms with E-state index in [0.717, 1.165) is 19.3 Å². The molecule has 29 heavy (non-hydrogen) atoms. The predicted octanol–water partition coefficient (Wildman–Crippen LogP) is 3.45. The molecule has 1 atom stereocenters. The number of carbonyl (C=O) groups is 3. The van der Waals surface area contributed by atoms with Gasteiger partial charge in [0.2, 0.25) is 0 Å². The monoisotopic (exact) mass is 404 g/mol. The largest absolute Gasteiger partial charge is 0.465 e. The Hall–Kier alpha value is -2.77. The van der Waals surface area contributed by atoms with Crippen LogP contribution >= 0.6 is 0 Å². The van der Waals surface area contributed by atoms with Gasteiger partial charge in [-0.1, -0.05) is 19.8 Å². The molecule has 158 valence electrons. The number of esters is 1. The smallest absolute Gasteiger partial charge is 0.415 e. The number of rotatable bonds is 6. The van der Waals surface area contributed by atoms with E-state index in [-0.39, 0.29) is 18.2 Å². The molecule has 1 unspecified atom stereocenters. The number of amides is 2. The van der Waals surface area contributed by atoms with Crippen LogP contribution in [0.2, 0.25) is 0 Å². The highest BCUT2D eigenvalue weighted by molar-refractivity contribution is 5.89. The van der Waals surface area contributed by atoms with Crippen molar-refractivity contribution in [1.82, 2.24) is 9.80 Å². The first-order chi connectivity index (χ1) is 14.0. The lowest BCUT2D eigenvalue weighted by molar-refractivity contribution is 0.0600. The van der Waals surface area contributed by atoms with E-state index in [1.807, 2.05) is 4.90 Å². The number of likely N-dealkylation sites (tertiary alicyclic amines) is 1. The molecule has 1 aromatic rings. The van der Waals surface area contributed by atoms with Gasteiger partial charge in [0.15, 0.2) is 0 Å². The molecule has 3 rings (SSSR count). The average molecular weight is 404 g/mol. The van der Waals surface area contributed by atoms with E-state index in [1.165, 1.54) is 7.11 Å². The molecule has 2 fully saturated rings. The number of hydrogen-bond donors (Lipinski definition) is 0. The standard InChI is InChI=1S/C21H28N2O6/c1-3-4-5-17-14-28-21(26)23(17)16-10-12-22(13-11-16)20(25)29-18-8-6-15(7-9-18)19(24)27-2/h6-9,16-17H,3-5,10-14H2,1-2H3. The van der Waals surface area contributed by atoms with E-state index in [2.05, 4.69) is 11.7 Å². The van der Waals surface area contributed by atoms with Crippen LogP contribution in [-0.4, -0.2) is 66.8 Å². The molecule has 2 heterocycles. The van der Waals surface area contributed by atoms with E-state index in [0.29, 0.717) is 43.9 Å². The number of unbranched alkanes of at least 4 members (excludes halogenated alkanes) is 1. The van der Waals surface area contributed by atoms with Gasteiger partial charge in [-0.05, 0) is 43.5 Å². The van der Waals surface area contributed by atoms with Crippen LogP contribution in [0.5, 0.6) is 5.75 Å². The Bertz CT molecular complexity index is 727. The van der Waals surface area contributed by atoms with Gasteiger partial charge in [0.25, 0.3) is 0 Å². The summed E-state index contributed by atoms with van der Waals surface area (Å²) in [6.07, 6.45) is 3.84. The van der Waals surface area contributed by atoms with Gasteiger partial charge >= 0.3 is 18.2 Å². The number of cyclic esters (lactones) is 1. The van der Waals surface area contributed by atoms with E-state index in [1.54, 1.807) is 29.2 Å². The zero-order valence-electron chi connectivity index (χ0n) is 17.0. The number of methoxy groups -OCH3 is 1. The number of piperidine rings is 1. The van der Waals surface area contributed by atoms with Gasteiger partial charge in [0.1, 0.15) is 12.4 Å². The summed E-state index contributed by atoms with van der Waals surface area (Å²) in [5.74, 6) is -0.0739. The Morgan fingerprint density at radius 1 is 1.17 bits per heavy atom. The second kappa shape index (κ2) is 9.62. The van der Waals surface area contributed by atoms with Crippen molar-refractivity contribution in [2.24, 2.45) is 0 Å². The number of hydrogen-bond acceptors (Lipinski definition) is 6. The maximum atomic E-state index is 12.4. The SMILES string of the molecule is CCCCC1COC(=O)N1C1CCN(C(=O)Oc2ccc(C(=O)OC)cc2)CC1. The van der Waals surface area contributed by atoms with Gasteiger partial charge in [0, 0.05) is 19.1 Å². The molecule has 8 nitrogen and oxygen atoms in total. The number of nitrogens with zero attached hydrogens (tertiary/aromatic N) is 2. The van der Waals surface area contributed by atoms with Gasteiger partial charge in [-0.3, -0.25) is 4.90 Å². The number of ether oxygens (including phenoxy) is 3. The summed E-state index contributed by atoms with van der Waals surface area (Å²) in [5, 5.41) is 0. The van der Waals surface area contributed by atoms with Gasteiger partial charge in [-0.25, -0.2) is 14.4 Å². The van der Waals surface area contributed by atoms with Crippen molar-refractivity contribution in [2.45, 2.75) is 51.1 Å². The Kier molecular flexibility index (Phi) is 6.95. The van der Waals surface area contributed by atoms with Crippen molar-refractivity contribution in [3.63, 3.8) is 0 Å². The molecule has 0 aliphatic carbocycles. The lowest BCUT2D eigenvalue weighted by Crippen LogP contribution is -2.50. The van der Waals surface area contributed by atoms with Crippen molar-refractivity contribution in [1.29, 1.82) is 0 Å². The van der Waals surface area contributed by atoms with Crippen molar-refractivity contribution in [3.8, 4) is 5.75 Å². The zero-order valence-corrected chi connectivity index (χ0v) is 17.0. The number of carbonyl (C=O) groups excluding carboxylic acids is 3. The maximum Gasteiger partial charge on any atom is 0.415 e. The molecule has 0 saturated carbocycles. The Morgan fingerprint density at radius 3 is 2.48 bits per heavy atom. The Balaban J connectivity index is 1.51. The molecule has 8 heteroatoms. The minimum Gasteiger partial charge on any atom is -0.465 e. The fraction of sp³-hybridized carbons (Fsp3) is 0.571. The highest BCUT2D eigenvalue weighted by atomic mass is 16.6. The van der Waals surface area contributed by atoms with Crippen LogP contribution in [0.1, 0.15) is 49.4 Å². The molecule has 0 N–H and O–H groups in total. The van der Waals surface area contributed by atoms with Gasteiger partial charge in [-0.2, -0.15) is 0 Å². The average Bonchev–Trinajstić information content (AvgIpc) is 3.12. The summed E-state index contributed by atoms with van der Waals surface area (Å²) in [6.45, 7) is 3.64. The summed E-state index contributed by atoms with van der Waals surface area (Å²) >= 11 is 0. The molecule has 0 bridgehead atoms. The van der Waals surface area contributed by atoms with Crippen LogP contribution in [0.3, 0.4) is 0 Å². The van der Waals surface area contributed by atoms with E-state index in [9.17, 15) is 14.4 Å². The maximum absolute atomic E-state index is 12.4. The van der Waals surface area contributed by atoms with Crippen molar-refractivity contribution in [2.75, 3.05) is 26.8 Å². The lowest BCUT2D eigenvalue weighted by Gasteiger charge is -2.37. The molecule has 2 aliphatic rings. The van der Waals surface area contributed by atoms with Crippen LogP contribution in [-0.2, 0) is 9.47 Å². The fourth-order valence-corrected chi connectivity index (χ4v) is 3.85. The van der Waals surface area contributed by atoms with Gasteiger partial charge in [-0.15, -0.1) is 0 Å². The molecule has 2 saturated heterocycles. The molecule has 0 aromatic heterocycles. The van der Waals surface area contributed by atoms with Crippen LogP contribution in [0.25, 0.3) is 0 Å².